The molecule has 5 aromatic rings. The van der Waals surface area contributed by atoms with E-state index in [0.29, 0.717) is 53.0 Å². The van der Waals surface area contributed by atoms with E-state index in [1.807, 2.05) is 0 Å². The van der Waals surface area contributed by atoms with Crippen molar-refractivity contribution in [1.29, 1.82) is 0 Å². The third-order valence-corrected chi connectivity index (χ3v) is 21.1. The monoisotopic (exact) mass is 1110 g/mol. The molecule has 2 fully saturated rings. The second kappa shape index (κ2) is 21.6. The standard InChI is InChI=1S/C72H74O11/c1-41(38-74)52-26-19-42-20-27-53-45(34-42)21-22-47-36-51-14-7-13-50-25-23-44-11-4-6-17-59(44)72(50,51)60-18-8-15-55(63(47)60)46-24-28-54(53)49(35-46)37-62(76)80-67-65-61(83-71(68(67)82-69(52)77)32-9-12-43-10-3-5-16-58(43)71)30-29-56-57(39-75)64(70(78)81-66(56)65)48(31-33-73)40-79-2/h4,6,8-9,11-12,15,17-18,20-25,27-30,34,36,43,46,48-51,54,58,67-68,73-75H,3,5,7,10,13-14,16,19,26,31-33,35,37-40H2,1-2H3/b22-21+,52-41-/t43-,46+,48+,49-,50+,51-,54-,58-,67+,68-,71-,72-/m0/s1. The second-order valence-corrected chi connectivity index (χ2v) is 25.2. The first-order valence-corrected chi connectivity index (χ1v) is 30.6. The van der Waals surface area contributed by atoms with Gasteiger partial charge in [0.05, 0.1) is 25.4 Å². The number of methoxy groups -OCH3 is 1. The van der Waals surface area contributed by atoms with E-state index >= 15 is 9.59 Å². The van der Waals surface area contributed by atoms with Gasteiger partial charge >= 0.3 is 17.6 Å². The molecule has 2 spiro atoms. The number of allylic oxidation sites excluding steroid dienone is 7. The predicted molar refractivity (Wildman–Crippen MR) is 318 cm³/mol. The molecule has 16 rings (SSSR count). The Balaban J connectivity index is 0.960. The van der Waals surface area contributed by atoms with Gasteiger partial charge in [0.1, 0.15) is 11.3 Å². The van der Waals surface area contributed by atoms with Crippen LogP contribution in [0.2, 0.25) is 0 Å². The van der Waals surface area contributed by atoms with E-state index in [-0.39, 0.29) is 96.7 Å². The number of aliphatic hydroxyl groups is 3. The quantitative estimate of drug-likeness (QED) is 0.0615. The highest BCUT2D eigenvalue weighted by Crippen LogP contribution is 2.62. The normalized spacial score (nSPS) is 31.4. The summed E-state index contributed by atoms with van der Waals surface area (Å²) < 4.78 is 33.6. The summed E-state index contributed by atoms with van der Waals surface area (Å²) in [5.74, 6) is -1.29. The highest BCUT2D eigenvalue weighted by molar-refractivity contribution is 5.91. The molecule has 3 aliphatic heterocycles. The molecule has 83 heavy (non-hydrogen) atoms. The predicted octanol–water partition coefficient (Wildman–Crippen LogP) is 12.7. The van der Waals surface area contributed by atoms with Crippen LogP contribution in [-0.2, 0) is 42.2 Å². The molecule has 3 N–H and O–H groups in total. The number of ether oxygens (including phenoxy) is 4. The van der Waals surface area contributed by atoms with Crippen molar-refractivity contribution in [2.45, 2.75) is 138 Å². The Labute approximate surface area is 485 Å². The van der Waals surface area contributed by atoms with Crippen molar-refractivity contribution in [2.24, 2.45) is 29.6 Å². The third-order valence-electron chi connectivity index (χ3n) is 21.1. The van der Waals surface area contributed by atoms with Gasteiger partial charge in [0.2, 0.25) is 0 Å². The maximum absolute atomic E-state index is 15.9. The molecule has 428 valence electrons. The van der Waals surface area contributed by atoms with Crippen LogP contribution in [0.1, 0.15) is 169 Å². The molecule has 12 atom stereocenters. The van der Waals surface area contributed by atoms with Gasteiger partial charge in [-0.2, -0.15) is 0 Å². The first-order valence-electron chi connectivity index (χ1n) is 30.6. The molecule has 6 bridgehead atoms. The Hall–Kier alpha value is -6.89. The fourth-order valence-electron chi connectivity index (χ4n) is 17.5. The Kier molecular flexibility index (Phi) is 14.1. The molecule has 8 aliphatic carbocycles. The second-order valence-electron chi connectivity index (χ2n) is 25.2. The lowest BCUT2D eigenvalue weighted by molar-refractivity contribution is -0.208. The minimum absolute atomic E-state index is 0.0160. The number of rotatable bonds is 7. The van der Waals surface area contributed by atoms with Crippen LogP contribution in [0.3, 0.4) is 0 Å². The number of aliphatic hydroxyl groups excluding tert-OH is 3. The summed E-state index contributed by atoms with van der Waals surface area (Å²) in [6, 6.07) is 26.1. The van der Waals surface area contributed by atoms with Crippen molar-refractivity contribution >= 4 is 40.6 Å². The van der Waals surface area contributed by atoms with Gasteiger partial charge in [0, 0.05) is 72.2 Å². The average molecular weight is 1120 g/mol. The Bertz CT molecular complexity index is 3700. The van der Waals surface area contributed by atoms with Crippen LogP contribution in [0.4, 0.5) is 0 Å². The molecule has 0 radical (unpaired) electrons. The molecule has 0 unspecified atom stereocenters. The summed E-state index contributed by atoms with van der Waals surface area (Å²) in [6.45, 7) is 0.705. The smallest absolute Gasteiger partial charge is 0.340 e. The van der Waals surface area contributed by atoms with E-state index in [9.17, 15) is 20.1 Å². The first-order chi connectivity index (χ1) is 40.6. The average Bonchev–Trinajstić information content (AvgIpc) is 1.93. The number of fused-ring (bicyclic) bond motifs is 13. The summed E-state index contributed by atoms with van der Waals surface area (Å²) in [7, 11) is 1.52. The molecule has 11 heteroatoms. The number of carbonyl (C=O) groups excluding carboxylic acids is 2. The Morgan fingerprint density at radius 3 is 2.52 bits per heavy atom. The molecule has 2 saturated carbocycles. The van der Waals surface area contributed by atoms with Crippen molar-refractivity contribution in [2.75, 3.05) is 26.9 Å². The van der Waals surface area contributed by atoms with Gasteiger partial charge in [-0.15, -0.1) is 0 Å². The lowest BCUT2D eigenvalue weighted by atomic mass is 9.48. The minimum Gasteiger partial charge on any atom is -0.482 e. The van der Waals surface area contributed by atoms with E-state index in [1.165, 1.54) is 40.5 Å². The van der Waals surface area contributed by atoms with Crippen molar-refractivity contribution in [3.8, 4) is 5.75 Å². The number of aryl methyl sites for hydroxylation is 1. The fraction of sp³-hybridized carbons (Fsp3) is 0.431. The number of esters is 2. The number of hydrogen-bond acceptors (Lipinski definition) is 11. The van der Waals surface area contributed by atoms with Crippen LogP contribution in [0, 0.1) is 29.6 Å². The number of hydrogen-bond donors (Lipinski definition) is 3. The van der Waals surface area contributed by atoms with Gasteiger partial charge in [-0.3, -0.25) is 4.79 Å². The van der Waals surface area contributed by atoms with Crippen molar-refractivity contribution < 1.29 is 48.3 Å². The summed E-state index contributed by atoms with van der Waals surface area (Å²) >= 11 is 0. The molecule has 0 saturated heterocycles. The van der Waals surface area contributed by atoms with E-state index < -0.39 is 47.9 Å². The zero-order valence-electron chi connectivity index (χ0n) is 47.5. The van der Waals surface area contributed by atoms with Crippen LogP contribution >= 0.6 is 0 Å². The molecular weight excluding hydrogens is 1040 g/mol. The van der Waals surface area contributed by atoms with Gasteiger partial charge in [0.15, 0.2) is 17.8 Å². The van der Waals surface area contributed by atoms with Crippen LogP contribution in [0.25, 0.3) is 28.7 Å². The minimum atomic E-state index is -1.34. The van der Waals surface area contributed by atoms with Crippen molar-refractivity contribution in [1.82, 2.24) is 0 Å². The fourth-order valence-corrected chi connectivity index (χ4v) is 17.5. The number of carbonyl (C=O) groups is 2. The summed E-state index contributed by atoms with van der Waals surface area (Å²) in [5, 5.41) is 32.7. The molecule has 11 aliphatic rings. The van der Waals surface area contributed by atoms with Gasteiger partial charge in [-0.05, 0) is 155 Å². The highest BCUT2D eigenvalue weighted by atomic mass is 16.6. The number of benzene rings is 4. The molecule has 4 aromatic carbocycles. The molecule has 4 heterocycles. The summed E-state index contributed by atoms with van der Waals surface area (Å²) in [6.07, 6.45) is 27.5. The van der Waals surface area contributed by atoms with Crippen LogP contribution in [-0.4, -0.2) is 65.9 Å². The molecule has 0 amide bonds. The SMILES string of the molecule is COC[C@@H](CCO)c1c(CO)c2ccc3c(c2oc1=O)[C@H]1OC(=O)C[C@@H]2C[C@H]4C=C[C@@H]2c2ccc(cc2/C=C/C2=C[C@@H]5CCC[C@@H]6C=Cc7ccccc7[C@@]56c5cccc4c52)CC/C(=C(\C)CO)C(=O)O[C@@H]1[C@@]1(CC=C[C@@H]2CCCC[C@@H]21)O3. The van der Waals surface area contributed by atoms with Gasteiger partial charge < -0.3 is 38.7 Å². The zero-order chi connectivity index (χ0) is 56.7. The van der Waals surface area contributed by atoms with Crippen LogP contribution in [0.5, 0.6) is 5.75 Å². The largest absolute Gasteiger partial charge is 0.482 e. The third kappa shape index (κ3) is 8.68. The lowest BCUT2D eigenvalue weighted by Gasteiger charge is -2.54. The van der Waals surface area contributed by atoms with Crippen molar-refractivity contribution in [3.63, 3.8) is 0 Å². The summed E-state index contributed by atoms with van der Waals surface area (Å²) in [5.41, 5.74) is 10.4. The lowest BCUT2D eigenvalue weighted by Crippen LogP contribution is -2.62. The van der Waals surface area contributed by atoms with E-state index in [4.69, 9.17) is 23.4 Å². The van der Waals surface area contributed by atoms with Crippen LogP contribution < -0.4 is 10.4 Å². The zero-order valence-corrected chi connectivity index (χ0v) is 47.5. The van der Waals surface area contributed by atoms with Gasteiger partial charge in [0.25, 0.3) is 0 Å². The van der Waals surface area contributed by atoms with Crippen LogP contribution in [0.15, 0.2) is 136 Å². The van der Waals surface area contributed by atoms with E-state index in [0.717, 1.165) is 61.6 Å². The maximum Gasteiger partial charge on any atom is 0.340 e. The molecule has 11 nitrogen and oxygen atoms in total. The first kappa shape index (κ1) is 54.1. The molecular formula is C72H74O11. The topological polar surface area (TPSA) is 162 Å². The maximum atomic E-state index is 15.9. The van der Waals surface area contributed by atoms with Gasteiger partial charge in [-0.25, -0.2) is 9.59 Å². The van der Waals surface area contributed by atoms with Crippen molar-refractivity contribution in [3.05, 3.63) is 198 Å². The van der Waals surface area contributed by atoms with Gasteiger partial charge in [-0.1, -0.05) is 135 Å². The Morgan fingerprint density at radius 1 is 0.807 bits per heavy atom. The van der Waals surface area contributed by atoms with E-state index in [2.05, 4.69) is 115 Å². The van der Waals surface area contributed by atoms with E-state index in [1.54, 1.807) is 19.1 Å². The highest BCUT2D eigenvalue weighted by Gasteiger charge is 2.61. The summed E-state index contributed by atoms with van der Waals surface area (Å²) in [4.78, 5) is 46.0. The molecule has 1 aromatic heterocycles. The Morgan fingerprint density at radius 2 is 1.66 bits per heavy atom.